The first-order valence-electron chi connectivity index (χ1n) is 8.35. The van der Waals surface area contributed by atoms with Gasteiger partial charge in [-0.15, -0.1) is 0 Å². The minimum absolute atomic E-state index is 0.0125. The average Bonchev–Trinajstić information content (AvgIpc) is 2.84. The number of para-hydroxylation sites is 2. The third-order valence-electron chi connectivity index (χ3n) is 4.95. The smallest absolute Gasteiger partial charge is 0.225 e. The standard InChI is InChI=1S/C18H25N3O2/c1-20(17(22)12-18(23)10-6-3-7-11-18)13-16-19-14-8-4-5-9-15(14)21(16)2/h4-5,8-9,23H,3,6-7,10-13H2,1-2H3. The molecule has 5 heteroatoms. The van der Waals surface area contributed by atoms with Gasteiger partial charge in [-0.1, -0.05) is 31.4 Å². The molecule has 1 N–H and O–H groups in total. The zero-order valence-electron chi connectivity index (χ0n) is 14.0. The molecule has 1 amide bonds. The Labute approximate surface area is 136 Å². The molecule has 0 saturated heterocycles. The molecule has 0 radical (unpaired) electrons. The van der Waals surface area contributed by atoms with Crippen LogP contribution >= 0.6 is 0 Å². The van der Waals surface area contributed by atoms with Crippen LogP contribution in [0.25, 0.3) is 11.0 Å². The Kier molecular flexibility index (Phi) is 4.39. The average molecular weight is 315 g/mol. The van der Waals surface area contributed by atoms with Crippen molar-refractivity contribution in [1.82, 2.24) is 14.5 Å². The maximum atomic E-state index is 12.5. The summed E-state index contributed by atoms with van der Waals surface area (Å²) in [5, 5.41) is 10.6. The van der Waals surface area contributed by atoms with Gasteiger partial charge in [0.2, 0.25) is 5.91 Å². The van der Waals surface area contributed by atoms with Gasteiger partial charge in [-0.25, -0.2) is 4.98 Å². The van der Waals surface area contributed by atoms with Crippen molar-refractivity contribution in [3.8, 4) is 0 Å². The first-order chi connectivity index (χ1) is 11.0. The Morgan fingerprint density at radius 2 is 2.00 bits per heavy atom. The molecule has 2 aromatic rings. The van der Waals surface area contributed by atoms with Gasteiger partial charge in [0, 0.05) is 14.1 Å². The molecule has 0 atom stereocenters. The molecule has 1 aliphatic rings. The number of carbonyl (C=O) groups is 1. The molecule has 0 spiro atoms. The lowest BCUT2D eigenvalue weighted by atomic mass is 9.82. The normalized spacial score (nSPS) is 17.3. The Hall–Kier alpha value is -1.88. The molecule has 1 aliphatic carbocycles. The van der Waals surface area contributed by atoms with Crippen molar-refractivity contribution in [2.75, 3.05) is 7.05 Å². The summed E-state index contributed by atoms with van der Waals surface area (Å²) in [4.78, 5) is 18.8. The van der Waals surface area contributed by atoms with E-state index < -0.39 is 5.60 Å². The number of imidazole rings is 1. The molecular weight excluding hydrogens is 290 g/mol. The topological polar surface area (TPSA) is 58.4 Å². The largest absolute Gasteiger partial charge is 0.389 e. The summed E-state index contributed by atoms with van der Waals surface area (Å²) in [5.41, 5.74) is 1.20. The molecule has 0 bridgehead atoms. The lowest BCUT2D eigenvalue weighted by Crippen LogP contribution is -2.39. The predicted molar refractivity (Wildman–Crippen MR) is 89.8 cm³/mol. The monoisotopic (exact) mass is 315 g/mol. The van der Waals surface area contributed by atoms with Gasteiger partial charge >= 0.3 is 0 Å². The van der Waals surface area contributed by atoms with Gasteiger partial charge in [0.25, 0.3) is 0 Å². The van der Waals surface area contributed by atoms with Gasteiger partial charge in [-0.3, -0.25) is 4.79 Å². The number of benzene rings is 1. The first kappa shape index (κ1) is 16.0. The fraction of sp³-hybridized carbons (Fsp3) is 0.556. The van der Waals surface area contributed by atoms with Crippen LogP contribution in [0.3, 0.4) is 0 Å². The quantitative estimate of drug-likeness (QED) is 0.943. The molecule has 1 aromatic heterocycles. The molecule has 5 nitrogen and oxygen atoms in total. The second-order valence-electron chi connectivity index (χ2n) is 6.79. The van der Waals surface area contributed by atoms with E-state index in [1.54, 1.807) is 11.9 Å². The summed E-state index contributed by atoms with van der Waals surface area (Å²) in [6.07, 6.45) is 4.87. The SMILES string of the molecule is CN(Cc1nc2ccccc2n1C)C(=O)CC1(O)CCCCC1. The minimum atomic E-state index is -0.810. The molecule has 1 fully saturated rings. The molecule has 23 heavy (non-hydrogen) atoms. The highest BCUT2D eigenvalue weighted by Gasteiger charge is 2.32. The lowest BCUT2D eigenvalue weighted by molar-refractivity contribution is -0.137. The van der Waals surface area contributed by atoms with Crippen molar-refractivity contribution >= 4 is 16.9 Å². The van der Waals surface area contributed by atoms with Gasteiger partial charge in [0.1, 0.15) is 5.82 Å². The van der Waals surface area contributed by atoms with E-state index in [1.165, 1.54) is 0 Å². The number of fused-ring (bicyclic) bond motifs is 1. The van der Waals surface area contributed by atoms with Crippen LogP contribution in [0.2, 0.25) is 0 Å². The van der Waals surface area contributed by atoms with Crippen LogP contribution in [0.15, 0.2) is 24.3 Å². The van der Waals surface area contributed by atoms with Crippen LogP contribution in [-0.2, 0) is 18.4 Å². The Bertz CT molecular complexity index is 701. The number of carbonyl (C=O) groups excluding carboxylic acids is 1. The zero-order valence-corrected chi connectivity index (χ0v) is 14.0. The molecule has 0 unspecified atom stereocenters. The summed E-state index contributed by atoms with van der Waals surface area (Å²) in [6.45, 7) is 0.458. The molecule has 1 aromatic carbocycles. The van der Waals surface area contributed by atoms with Crippen LogP contribution in [0, 0.1) is 0 Å². The van der Waals surface area contributed by atoms with Gasteiger partial charge in [-0.05, 0) is 25.0 Å². The summed E-state index contributed by atoms with van der Waals surface area (Å²) < 4.78 is 2.02. The van der Waals surface area contributed by atoms with Gasteiger partial charge in [0.05, 0.1) is 29.6 Å². The highest BCUT2D eigenvalue weighted by atomic mass is 16.3. The fourth-order valence-electron chi connectivity index (χ4n) is 3.44. The molecular formula is C18H25N3O2. The van der Waals surface area contributed by atoms with Crippen LogP contribution in [-0.4, -0.2) is 38.1 Å². The molecule has 3 rings (SSSR count). The van der Waals surface area contributed by atoms with E-state index in [0.29, 0.717) is 6.54 Å². The number of aliphatic hydroxyl groups is 1. The van der Waals surface area contributed by atoms with Crippen LogP contribution in [0.4, 0.5) is 0 Å². The van der Waals surface area contributed by atoms with E-state index in [0.717, 1.165) is 49.0 Å². The number of aryl methyl sites for hydroxylation is 1. The number of nitrogens with zero attached hydrogens (tertiary/aromatic N) is 3. The lowest BCUT2D eigenvalue weighted by Gasteiger charge is -2.32. The molecule has 124 valence electrons. The Balaban J connectivity index is 1.68. The van der Waals surface area contributed by atoms with Gasteiger partial charge in [-0.2, -0.15) is 0 Å². The summed E-state index contributed by atoms with van der Waals surface area (Å²) >= 11 is 0. The third-order valence-corrected chi connectivity index (χ3v) is 4.95. The molecule has 1 heterocycles. The third kappa shape index (κ3) is 3.39. The number of rotatable bonds is 4. The first-order valence-corrected chi connectivity index (χ1v) is 8.35. The number of aromatic nitrogens is 2. The van der Waals surface area contributed by atoms with Crippen LogP contribution in [0.1, 0.15) is 44.3 Å². The van der Waals surface area contributed by atoms with E-state index in [9.17, 15) is 9.90 Å². The van der Waals surface area contributed by atoms with E-state index in [2.05, 4.69) is 4.98 Å². The summed E-state index contributed by atoms with van der Waals surface area (Å²) in [5.74, 6) is 0.846. The van der Waals surface area contributed by atoms with Gasteiger partial charge in [0.15, 0.2) is 0 Å². The number of hydrogen-bond donors (Lipinski definition) is 1. The minimum Gasteiger partial charge on any atom is -0.389 e. The highest BCUT2D eigenvalue weighted by molar-refractivity contribution is 5.78. The maximum Gasteiger partial charge on any atom is 0.225 e. The predicted octanol–water partition coefficient (Wildman–Crippen LogP) is 2.62. The number of hydrogen-bond acceptors (Lipinski definition) is 3. The van der Waals surface area contributed by atoms with Crippen LogP contribution < -0.4 is 0 Å². The Morgan fingerprint density at radius 1 is 1.30 bits per heavy atom. The Morgan fingerprint density at radius 3 is 2.70 bits per heavy atom. The molecule has 1 saturated carbocycles. The van der Waals surface area contributed by atoms with Crippen molar-refractivity contribution < 1.29 is 9.90 Å². The van der Waals surface area contributed by atoms with E-state index in [4.69, 9.17) is 0 Å². The summed E-state index contributed by atoms with van der Waals surface area (Å²) in [7, 11) is 3.76. The fourth-order valence-corrected chi connectivity index (χ4v) is 3.44. The van der Waals surface area contributed by atoms with E-state index in [-0.39, 0.29) is 12.3 Å². The maximum absolute atomic E-state index is 12.5. The van der Waals surface area contributed by atoms with Crippen molar-refractivity contribution in [3.05, 3.63) is 30.1 Å². The summed E-state index contributed by atoms with van der Waals surface area (Å²) in [6, 6.07) is 7.96. The van der Waals surface area contributed by atoms with Crippen molar-refractivity contribution in [1.29, 1.82) is 0 Å². The van der Waals surface area contributed by atoms with E-state index in [1.807, 2.05) is 35.9 Å². The zero-order chi connectivity index (χ0) is 16.4. The van der Waals surface area contributed by atoms with E-state index >= 15 is 0 Å². The second-order valence-corrected chi connectivity index (χ2v) is 6.79. The van der Waals surface area contributed by atoms with Crippen LogP contribution in [0.5, 0.6) is 0 Å². The molecule has 0 aliphatic heterocycles. The number of amides is 1. The van der Waals surface area contributed by atoms with Crippen molar-refractivity contribution in [3.63, 3.8) is 0 Å². The highest BCUT2D eigenvalue weighted by Crippen LogP contribution is 2.31. The second kappa shape index (κ2) is 6.32. The van der Waals surface area contributed by atoms with Gasteiger partial charge < -0.3 is 14.6 Å². The van der Waals surface area contributed by atoms with Crippen molar-refractivity contribution in [2.45, 2.75) is 50.7 Å². The van der Waals surface area contributed by atoms with Crippen molar-refractivity contribution in [2.24, 2.45) is 7.05 Å².